The van der Waals surface area contributed by atoms with E-state index in [1.54, 1.807) is 0 Å². The van der Waals surface area contributed by atoms with Crippen LogP contribution >= 0.6 is 0 Å². The molecule has 0 saturated carbocycles. The van der Waals surface area contributed by atoms with Crippen molar-refractivity contribution in [3.05, 3.63) is 64.7 Å². The second-order valence-electron chi connectivity index (χ2n) is 6.41. The Morgan fingerprint density at radius 1 is 1.04 bits per heavy atom. The van der Waals surface area contributed by atoms with Gasteiger partial charge in [-0.25, -0.2) is 0 Å². The van der Waals surface area contributed by atoms with Crippen LogP contribution in [0.4, 0.5) is 0 Å². The zero-order valence-corrected chi connectivity index (χ0v) is 15.1. The molecule has 24 heavy (non-hydrogen) atoms. The third-order valence-corrected chi connectivity index (χ3v) is 4.12. The number of carbonyl (C=O) groups excluding carboxylic acids is 1. The van der Waals surface area contributed by atoms with Crippen LogP contribution in [0.3, 0.4) is 0 Å². The molecule has 3 heteroatoms. The van der Waals surface area contributed by atoms with Crippen molar-refractivity contribution < 1.29 is 9.53 Å². The smallest absolute Gasteiger partial charge is 0.220 e. The standard InChI is InChI=1S/C21H27NO2/c1-15-8-11-19(12-9-15)24-13-5-6-21(23)22-18(4)20-14-16(2)7-10-17(20)3/h7-12,14,18H,5-6,13H2,1-4H3,(H,22,23). The van der Waals surface area contributed by atoms with E-state index in [4.69, 9.17) is 4.74 Å². The zero-order chi connectivity index (χ0) is 17.5. The maximum atomic E-state index is 12.1. The second-order valence-corrected chi connectivity index (χ2v) is 6.41. The van der Waals surface area contributed by atoms with Crippen molar-refractivity contribution in [3.63, 3.8) is 0 Å². The van der Waals surface area contributed by atoms with Gasteiger partial charge in [0, 0.05) is 6.42 Å². The van der Waals surface area contributed by atoms with Crippen LogP contribution in [0.25, 0.3) is 0 Å². The summed E-state index contributed by atoms with van der Waals surface area (Å²) in [6.45, 7) is 8.77. The monoisotopic (exact) mass is 325 g/mol. The average molecular weight is 325 g/mol. The fourth-order valence-electron chi connectivity index (χ4n) is 2.68. The first-order valence-electron chi connectivity index (χ1n) is 8.51. The average Bonchev–Trinajstić information content (AvgIpc) is 2.55. The van der Waals surface area contributed by atoms with Crippen molar-refractivity contribution >= 4 is 5.91 Å². The highest BCUT2D eigenvalue weighted by Crippen LogP contribution is 2.19. The van der Waals surface area contributed by atoms with Crippen LogP contribution in [0.2, 0.25) is 0 Å². The molecule has 0 heterocycles. The molecule has 2 aromatic carbocycles. The summed E-state index contributed by atoms with van der Waals surface area (Å²) < 4.78 is 5.66. The van der Waals surface area contributed by atoms with E-state index < -0.39 is 0 Å². The van der Waals surface area contributed by atoms with E-state index in [0.29, 0.717) is 19.4 Å². The van der Waals surface area contributed by atoms with Crippen LogP contribution in [-0.2, 0) is 4.79 Å². The molecule has 3 nitrogen and oxygen atoms in total. The largest absolute Gasteiger partial charge is 0.494 e. The molecular formula is C21H27NO2. The molecule has 0 fully saturated rings. The Hall–Kier alpha value is -2.29. The van der Waals surface area contributed by atoms with Gasteiger partial charge in [-0.3, -0.25) is 4.79 Å². The number of aryl methyl sites for hydroxylation is 3. The molecule has 1 unspecified atom stereocenters. The van der Waals surface area contributed by atoms with E-state index in [-0.39, 0.29) is 11.9 Å². The highest BCUT2D eigenvalue weighted by molar-refractivity contribution is 5.76. The first-order chi connectivity index (χ1) is 11.5. The molecule has 0 saturated heterocycles. The number of nitrogens with one attached hydrogen (secondary N) is 1. The quantitative estimate of drug-likeness (QED) is 0.753. The first-order valence-corrected chi connectivity index (χ1v) is 8.51. The fourth-order valence-corrected chi connectivity index (χ4v) is 2.68. The summed E-state index contributed by atoms with van der Waals surface area (Å²) in [6.07, 6.45) is 1.18. The molecule has 0 aliphatic carbocycles. The number of ether oxygens (including phenoxy) is 1. The number of rotatable bonds is 7. The molecule has 0 spiro atoms. The third kappa shape index (κ3) is 5.41. The molecule has 128 valence electrons. The van der Waals surface area contributed by atoms with Crippen LogP contribution in [0, 0.1) is 20.8 Å². The van der Waals surface area contributed by atoms with Gasteiger partial charge in [0.2, 0.25) is 5.91 Å². The Balaban J connectivity index is 1.74. The van der Waals surface area contributed by atoms with E-state index in [9.17, 15) is 4.79 Å². The van der Waals surface area contributed by atoms with Gasteiger partial charge in [0.05, 0.1) is 12.6 Å². The second kappa shape index (κ2) is 8.53. The van der Waals surface area contributed by atoms with Gasteiger partial charge in [0.15, 0.2) is 0 Å². The highest BCUT2D eigenvalue weighted by atomic mass is 16.5. The van der Waals surface area contributed by atoms with Crippen LogP contribution in [0.15, 0.2) is 42.5 Å². The van der Waals surface area contributed by atoms with Gasteiger partial charge in [-0.1, -0.05) is 41.5 Å². The van der Waals surface area contributed by atoms with Crippen LogP contribution in [0.1, 0.15) is 48.1 Å². The minimum Gasteiger partial charge on any atom is -0.494 e. The zero-order valence-electron chi connectivity index (χ0n) is 15.1. The summed E-state index contributed by atoms with van der Waals surface area (Å²) >= 11 is 0. The minimum atomic E-state index is 0.0235. The van der Waals surface area contributed by atoms with E-state index in [0.717, 1.165) is 5.75 Å². The minimum absolute atomic E-state index is 0.0235. The molecular weight excluding hydrogens is 298 g/mol. The summed E-state index contributed by atoms with van der Waals surface area (Å²) in [4.78, 5) is 12.1. The maximum Gasteiger partial charge on any atom is 0.220 e. The highest BCUT2D eigenvalue weighted by Gasteiger charge is 2.11. The molecule has 2 aromatic rings. The molecule has 1 atom stereocenters. The fraction of sp³-hybridized carbons (Fsp3) is 0.381. The normalized spacial score (nSPS) is 11.8. The van der Waals surface area contributed by atoms with E-state index in [2.05, 4.69) is 37.4 Å². The molecule has 0 aliphatic rings. The lowest BCUT2D eigenvalue weighted by molar-refractivity contribution is -0.121. The van der Waals surface area contributed by atoms with Gasteiger partial charge in [0.1, 0.15) is 5.75 Å². The van der Waals surface area contributed by atoms with E-state index in [1.165, 1.54) is 22.3 Å². The van der Waals surface area contributed by atoms with Gasteiger partial charge in [-0.15, -0.1) is 0 Å². The number of hydrogen-bond acceptors (Lipinski definition) is 2. The third-order valence-electron chi connectivity index (χ3n) is 4.12. The predicted octanol–water partition coefficient (Wildman–Crippen LogP) is 4.65. The van der Waals surface area contributed by atoms with Crippen LogP contribution in [0.5, 0.6) is 5.75 Å². The number of benzene rings is 2. The molecule has 0 bridgehead atoms. The molecule has 2 rings (SSSR count). The summed E-state index contributed by atoms with van der Waals surface area (Å²) in [5.41, 5.74) is 4.81. The Morgan fingerprint density at radius 3 is 2.42 bits per heavy atom. The summed E-state index contributed by atoms with van der Waals surface area (Å²) in [7, 11) is 0. The lowest BCUT2D eigenvalue weighted by atomic mass is 10.00. The van der Waals surface area contributed by atoms with Crippen molar-refractivity contribution in [2.24, 2.45) is 0 Å². The van der Waals surface area contributed by atoms with Crippen molar-refractivity contribution in [2.45, 2.75) is 46.6 Å². The van der Waals surface area contributed by atoms with Gasteiger partial charge >= 0.3 is 0 Å². The lowest BCUT2D eigenvalue weighted by Crippen LogP contribution is -2.27. The molecule has 0 aromatic heterocycles. The van der Waals surface area contributed by atoms with E-state index in [1.807, 2.05) is 38.1 Å². The van der Waals surface area contributed by atoms with Crippen molar-refractivity contribution in [1.82, 2.24) is 5.32 Å². The van der Waals surface area contributed by atoms with Crippen molar-refractivity contribution in [2.75, 3.05) is 6.61 Å². The number of hydrogen-bond donors (Lipinski definition) is 1. The molecule has 1 amide bonds. The predicted molar refractivity (Wildman–Crippen MR) is 98.4 cm³/mol. The Morgan fingerprint density at radius 2 is 1.71 bits per heavy atom. The summed E-state index contributed by atoms with van der Waals surface area (Å²) in [6, 6.07) is 14.3. The Kier molecular flexibility index (Phi) is 6.42. The van der Waals surface area contributed by atoms with Crippen molar-refractivity contribution in [3.8, 4) is 5.75 Å². The van der Waals surface area contributed by atoms with Crippen LogP contribution in [-0.4, -0.2) is 12.5 Å². The number of carbonyl (C=O) groups is 1. The lowest BCUT2D eigenvalue weighted by Gasteiger charge is -2.17. The Bertz CT molecular complexity index is 677. The van der Waals surface area contributed by atoms with Crippen LogP contribution < -0.4 is 10.1 Å². The summed E-state index contributed by atoms with van der Waals surface area (Å²) in [5.74, 6) is 0.917. The summed E-state index contributed by atoms with van der Waals surface area (Å²) in [5, 5.41) is 3.08. The Labute approximate surface area is 145 Å². The van der Waals surface area contributed by atoms with Gasteiger partial charge < -0.3 is 10.1 Å². The van der Waals surface area contributed by atoms with Gasteiger partial charge in [0.25, 0.3) is 0 Å². The van der Waals surface area contributed by atoms with Crippen molar-refractivity contribution in [1.29, 1.82) is 0 Å². The topological polar surface area (TPSA) is 38.3 Å². The number of amides is 1. The van der Waals surface area contributed by atoms with E-state index >= 15 is 0 Å². The maximum absolute atomic E-state index is 12.1. The molecule has 1 N–H and O–H groups in total. The van der Waals surface area contributed by atoms with Gasteiger partial charge in [-0.2, -0.15) is 0 Å². The van der Waals surface area contributed by atoms with Gasteiger partial charge in [-0.05, 0) is 57.4 Å². The first kappa shape index (κ1) is 18.1. The SMILES string of the molecule is Cc1ccc(OCCCC(=O)NC(C)c2cc(C)ccc2C)cc1. The molecule has 0 radical (unpaired) electrons. The molecule has 0 aliphatic heterocycles.